The molecule has 0 bridgehead atoms. The monoisotopic (exact) mass is 621 g/mol. The number of urea groups is 1. The Morgan fingerprint density at radius 1 is 0.273 bits per heavy atom. The van der Waals surface area contributed by atoms with Crippen LogP contribution in [0.25, 0.3) is 0 Å². The summed E-state index contributed by atoms with van der Waals surface area (Å²) in [5.74, 6) is 0. The van der Waals surface area contributed by atoms with Gasteiger partial charge in [-0.25, -0.2) is 4.79 Å². The summed E-state index contributed by atoms with van der Waals surface area (Å²) in [6.07, 6.45) is 50.3. The molecule has 0 aliphatic rings. The maximum atomic E-state index is 12.0. The van der Waals surface area contributed by atoms with E-state index in [2.05, 4.69) is 24.5 Å². The summed E-state index contributed by atoms with van der Waals surface area (Å²) in [6, 6.07) is 0.0314. The number of hydrogen-bond donors (Lipinski definition) is 2. The molecule has 0 heterocycles. The Hall–Kier alpha value is -0.730. The van der Waals surface area contributed by atoms with E-state index >= 15 is 0 Å². The molecule has 0 fully saturated rings. The van der Waals surface area contributed by atoms with Crippen LogP contribution < -0.4 is 10.6 Å². The fourth-order valence-electron chi connectivity index (χ4n) is 6.52. The molecule has 0 aromatic heterocycles. The molecule has 0 radical (unpaired) electrons. The van der Waals surface area contributed by atoms with Gasteiger partial charge >= 0.3 is 6.03 Å². The summed E-state index contributed by atoms with van der Waals surface area (Å²) in [7, 11) is 0. The molecule has 0 aromatic carbocycles. The molecule has 3 heteroatoms. The zero-order valence-electron chi connectivity index (χ0n) is 30.8. The van der Waals surface area contributed by atoms with E-state index in [9.17, 15) is 4.79 Å². The minimum absolute atomic E-state index is 0.0314. The van der Waals surface area contributed by atoms with Crippen molar-refractivity contribution in [2.75, 3.05) is 13.1 Å². The second-order valence-electron chi connectivity index (χ2n) is 14.2. The van der Waals surface area contributed by atoms with E-state index in [1.807, 2.05) is 0 Å². The van der Waals surface area contributed by atoms with Crippen molar-refractivity contribution >= 4 is 6.03 Å². The van der Waals surface area contributed by atoms with E-state index in [0.717, 1.165) is 25.9 Å². The van der Waals surface area contributed by atoms with Crippen LogP contribution in [0.4, 0.5) is 4.79 Å². The van der Waals surface area contributed by atoms with Crippen LogP contribution >= 0.6 is 0 Å². The van der Waals surface area contributed by atoms with Gasteiger partial charge in [0.1, 0.15) is 0 Å². The summed E-state index contributed by atoms with van der Waals surface area (Å²) in [4.78, 5) is 12.0. The average molecular weight is 621 g/mol. The zero-order valence-corrected chi connectivity index (χ0v) is 30.8. The van der Waals surface area contributed by atoms with Crippen LogP contribution in [0.1, 0.15) is 245 Å². The van der Waals surface area contributed by atoms with Gasteiger partial charge in [0, 0.05) is 13.1 Å². The summed E-state index contributed by atoms with van der Waals surface area (Å²) in [6.45, 7) is 6.24. The van der Waals surface area contributed by atoms with Crippen LogP contribution in [0.15, 0.2) is 0 Å². The van der Waals surface area contributed by atoms with E-state index < -0.39 is 0 Å². The van der Waals surface area contributed by atoms with Gasteiger partial charge in [0.2, 0.25) is 0 Å². The predicted octanol–water partition coefficient (Wildman–Crippen LogP) is 14.4. The van der Waals surface area contributed by atoms with Crippen molar-refractivity contribution in [2.45, 2.75) is 245 Å². The lowest BCUT2D eigenvalue weighted by molar-refractivity contribution is 0.240. The van der Waals surface area contributed by atoms with Crippen molar-refractivity contribution in [1.82, 2.24) is 10.6 Å². The first kappa shape index (κ1) is 43.3. The minimum Gasteiger partial charge on any atom is -0.338 e. The van der Waals surface area contributed by atoms with Gasteiger partial charge in [-0.1, -0.05) is 232 Å². The highest BCUT2D eigenvalue weighted by Crippen LogP contribution is 2.16. The van der Waals surface area contributed by atoms with Crippen LogP contribution in [0, 0.1) is 0 Å². The summed E-state index contributed by atoms with van der Waals surface area (Å²) in [5.41, 5.74) is 0. The van der Waals surface area contributed by atoms with Crippen LogP contribution in [0.2, 0.25) is 0 Å². The average Bonchev–Trinajstić information content (AvgIpc) is 3.03. The van der Waals surface area contributed by atoms with Gasteiger partial charge in [-0.3, -0.25) is 0 Å². The summed E-state index contributed by atoms with van der Waals surface area (Å²) < 4.78 is 0. The van der Waals surface area contributed by atoms with Crippen molar-refractivity contribution < 1.29 is 4.79 Å². The Bertz CT molecular complexity index is 479. The Balaban J connectivity index is 3.14. The molecule has 0 unspecified atom stereocenters. The van der Waals surface area contributed by atoms with Gasteiger partial charge in [-0.05, 0) is 12.8 Å². The molecule has 44 heavy (non-hydrogen) atoms. The molecule has 0 aliphatic heterocycles. The van der Waals surface area contributed by atoms with Gasteiger partial charge in [-0.2, -0.15) is 0 Å². The molecule has 0 spiro atoms. The molecule has 0 saturated carbocycles. The molecule has 2 amide bonds. The van der Waals surface area contributed by atoms with Crippen LogP contribution in [0.5, 0.6) is 0 Å². The van der Waals surface area contributed by atoms with Gasteiger partial charge in [0.15, 0.2) is 0 Å². The highest BCUT2D eigenvalue weighted by atomic mass is 16.2. The number of rotatable bonds is 38. The summed E-state index contributed by atoms with van der Waals surface area (Å²) in [5, 5.41) is 6.09. The summed E-state index contributed by atoms with van der Waals surface area (Å²) >= 11 is 0. The Kier molecular flexibility index (Phi) is 39.6. The number of amides is 2. The largest absolute Gasteiger partial charge is 0.338 e. The molecule has 2 N–H and O–H groups in total. The fourth-order valence-corrected chi connectivity index (χ4v) is 6.52. The lowest BCUT2D eigenvalue weighted by Crippen LogP contribution is -2.36. The predicted molar refractivity (Wildman–Crippen MR) is 199 cm³/mol. The lowest BCUT2D eigenvalue weighted by atomic mass is 10.0. The Morgan fingerprint density at radius 2 is 0.432 bits per heavy atom. The normalized spacial score (nSPS) is 11.3. The van der Waals surface area contributed by atoms with E-state index in [1.54, 1.807) is 0 Å². The van der Waals surface area contributed by atoms with Crippen LogP contribution in [-0.4, -0.2) is 19.1 Å². The van der Waals surface area contributed by atoms with Gasteiger partial charge in [-0.15, -0.1) is 0 Å². The smallest absolute Gasteiger partial charge is 0.314 e. The van der Waals surface area contributed by atoms with Gasteiger partial charge < -0.3 is 10.6 Å². The maximum absolute atomic E-state index is 12.0. The number of carbonyl (C=O) groups excluding carboxylic acids is 1. The van der Waals surface area contributed by atoms with Crippen LogP contribution in [0.3, 0.4) is 0 Å². The maximum Gasteiger partial charge on any atom is 0.314 e. The first-order valence-electron chi connectivity index (χ1n) is 20.8. The molecule has 0 rings (SSSR count). The second-order valence-corrected chi connectivity index (χ2v) is 14.2. The number of hydrogen-bond acceptors (Lipinski definition) is 1. The topological polar surface area (TPSA) is 41.1 Å². The van der Waals surface area contributed by atoms with E-state index in [0.29, 0.717) is 0 Å². The molecule has 0 atom stereocenters. The van der Waals surface area contributed by atoms with Crippen molar-refractivity contribution in [1.29, 1.82) is 0 Å². The highest BCUT2D eigenvalue weighted by molar-refractivity contribution is 5.73. The quantitative estimate of drug-likeness (QED) is 0.0662. The first-order chi connectivity index (χ1) is 21.8. The third kappa shape index (κ3) is 39.3. The third-order valence-corrected chi connectivity index (χ3v) is 9.63. The van der Waals surface area contributed by atoms with Gasteiger partial charge in [0.25, 0.3) is 0 Å². The number of nitrogens with one attached hydrogen (secondary N) is 2. The first-order valence-corrected chi connectivity index (χ1v) is 20.8. The van der Waals surface area contributed by atoms with E-state index in [1.165, 1.54) is 218 Å². The van der Waals surface area contributed by atoms with Crippen molar-refractivity contribution in [3.63, 3.8) is 0 Å². The van der Waals surface area contributed by atoms with Gasteiger partial charge in [0.05, 0.1) is 0 Å². The number of unbranched alkanes of at least 4 members (excludes halogenated alkanes) is 34. The fraction of sp³-hybridized carbons (Fsp3) is 0.976. The van der Waals surface area contributed by atoms with Crippen LogP contribution in [-0.2, 0) is 0 Å². The Labute approximate surface area is 279 Å². The van der Waals surface area contributed by atoms with Crippen molar-refractivity contribution in [3.05, 3.63) is 0 Å². The molecule has 3 nitrogen and oxygen atoms in total. The van der Waals surface area contributed by atoms with E-state index in [4.69, 9.17) is 0 Å². The molecule has 0 aromatic rings. The molecule has 264 valence electrons. The molecule has 0 saturated heterocycles. The lowest BCUT2D eigenvalue weighted by Gasteiger charge is -2.08. The second kappa shape index (κ2) is 40.3. The SMILES string of the molecule is CCCCCCCCCCCCCCCCCCCCNC(=O)NCCCCCCCCCCCCCCCCCCCC. The van der Waals surface area contributed by atoms with Crippen molar-refractivity contribution in [3.8, 4) is 0 Å². The third-order valence-electron chi connectivity index (χ3n) is 9.63. The standard InChI is InChI=1S/C41H84N2O/c1-3-5-7-9-11-13-15-17-19-21-23-25-27-29-31-33-35-37-39-42-41(44)43-40-38-36-34-32-30-28-26-24-22-20-18-16-14-12-10-8-6-4-2/h3-40H2,1-2H3,(H2,42,43,44). The van der Waals surface area contributed by atoms with Crippen molar-refractivity contribution in [2.24, 2.45) is 0 Å². The Morgan fingerprint density at radius 3 is 0.614 bits per heavy atom. The molecular formula is C41H84N2O. The number of carbonyl (C=O) groups is 1. The zero-order chi connectivity index (χ0) is 31.9. The minimum atomic E-state index is 0.0314. The van der Waals surface area contributed by atoms with E-state index in [-0.39, 0.29) is 6.03 Å². The molecular weight excluding hydrogens is 536 g/mol. The molecule has 0 aliphatic carbocycles. The highest BCUT2D eigenvalue weighted by Gasteiger charge is 2.00.